The first kappa shape index (κ1) is 9.57. The van der Waals surface area contributed by atoms with E-state index < -0.39 is 39.7 Å². The molecule has 1 aromatic heterocycles. The number of nitrogens with one attached hydrogen (secondary N) is 1. The molecule has 0 aliphatic carbocycles. The fourth-order valence-electron chi connectivity index (χ4n) is 1.28. The standard InChI is InChI=1S/C9H4F3NO2/c10-3-1-2-4(11)7-5(3)6(12)8(14)9(15)13-7/h1-2,14H,(H,13,15). The van der Waals surface area contributed by atoms with Gasteiger partial charge in [0.2, 0.25) is 5.75 Å². The molecule has 0 unspecified atom stereocenters. The van der Waals surface area contributed by atoms with Gasteiger partial charge in [-0.05, 0) is 12.1 Å². The van der Waals surface area contributed by atoms with E-state index in [0.29, 0.717) is 6.07 Å². The van der Waals surface area contributed by atoms with Gasteiger partial charge in [0.05, 0.1) is 10.9 Å². The summed E-state index contributed by atoms with van der Waals surface area (Å²) in [6.07, 6.45) is 0. The highest BCUT2D eigenvalue weighted by Crippen LogP contribution is 2.24. The number of aromatic amines is 1. The summed E-state index contributed by atoms with van der Waals surface area (Å²) in [7, 11) is 0. The van der Waals surface area contributed by atoms with E-state index >= 15 is 0 Å². The molecule has 2 N–H and O–H groups in total. The van der Waals surface area contributed by atoms with Crippen LogP contribution in [0.15, 0.2) is 16.9 Å². The number of rotatable bonds is 0. The highest BCUT2D eigenvalue weighted by Gasteiger charge is 2.17. The molecule has 6 heteroatoms. The first-order valence-electron chi connectivity index (χ1n) is 3.91. The van der Waals surface area contributed by atoms with Crippen LogP contribution in [-0.4, -0.2) is 10.1 Å². The number of benzene rings is 1. The van der Waals surface area contributed by atoms with Gasteiger partial charge in [-0.2, -0.15) is 0 Å². The Kier molecular flexibility index (Phi) is 1.92. The van der Waals surface area contributed by atoms with E-state index in [-0.39, 0.29) is 0 Å². The maximum absolute atomic E-state index is 13.2. The smallest absolute Gasteiger partial charge is 0.293 e. The Morgan fingerprint density at radius 3 is 2.40 bits per heavy atom. The molecule has 1 heterocycles. The Hall–Kier alpha value is -1.98. The predicted molar refractivity (Wildman–Crippen MR) is 46.1 cm³/mol. The molecule has 1 aromatic carbocycles. The number of hydrogen-bond donors (Lipinski definition) is 2. The summed E-state index contributed by atoms with van der Waals surface area (Å²) in [5, 5.41) is 8.14. The van der Waals surface area contributed by atoms with Gasteiger partial charge in [0, 0.05) is 0 Å². The third-order valence-electron chi connectivity index (χ3n) is 1.98. The van der Waals surface area contributed by atoms with E-state index in [1.807, 2.05) is 4.98 Å². The zero-order valence-electron chi connectivity index (χ0n) is 7.14. The van der Waals surface area contributed by atoms with Gasteiger partial charge in [-0.3, -0.25) is 4.79 Å². The van der Waals surface area contributed by atoms with Crippen molar-refractivity contribution in [3.05, 3.63) is 39.9 Å². The summed E-state index contributed by atoms with van der Waals surface area (Å²) in [5.74, 6) is -4.75. The molecule has 0 saturated carbocycles. The number of aromatic hydroxyl groups is 1. The van der Waals surface area contributed by atoms with Crippen molar-refractivity contribution in [1.29, 1.82) is 0 Å². The lowest BCUT2D eigenvalue weighted by molar-refractivity contribution is 0.426. The van der Waals surface area contributed by atoms with Crippen LogP contribution in [-0.2, 0) is 0 Å². The summed E-state index contributed by atoms with van der Waals surface area (Å²) in [6, 6.07) is 1.46. The summed E-state index contributed by atoms with van der Waals surface area (Å²) in [5.41, 5.74) is -1.81. The maximum Gasteiger partial charge on any atom is 0.293 e. The van der Waals surface area contributed by atoms with Crippen LogP contribution in [0.1, 0.15) is 0 Å². The number of hydrogen-bond acceptors (Lipinski definition) is 2. The van der Waals surface area contributed by atoms with Gasteiger partial charge in [0.15, 0.2) is 5.82 Å². The Labute approximate surface area is 80.8 Å². The zero-order chi connectivity index (χ0) is 11.2. The average Bonchev–Trinajstić information content (AvgIpc) is 2.20. The molecule has 0 spiro atoms. The highest BCUT2D eigenvalue weighted by molar-refractivity contribution is 5.81. The summed E-state index contributed by atoms with van der Waals surface area (Å²) < 4.78 is 39.4. The van der Waals surface area contributed by atoms with Crippen molar-refractivity contribution in [1.82, 2.24) is 4.98 Å². The number of halogens is 3. The minimum Gasteiger partial charge on any atom is -0.501 e. The molecule has 0 amide bonds. The monoisotopic (exact) mass is 215 g/mol. The fourth-order valence-corrected chi connectivity index (χ4v) is 1.28. The molecular formula is C9H4F3NO2. The second-order valence-electron chi connectivity index (χ2n) is 2.90. The van der Waals surface area contributed by atoms with Crippen LogP contribution in [0.2, 0.25) is 0 Å². The SMILES string of the molecule is O=c1[nH]c2c(F)ccc(F)c2c(F)c1O. The Morgan fingerprint density at radius 2 is 1.73 bits per heavy atom. The van der Waals surface area contributed by atoms with Crippen LogP contribution in [0, 0.1) is 17.5 Å². The van der Waals surface area contributed by atoms with Crippen molar-refractivity contribution in [2.75, 3.05) is 0 Å². The van der Waals surface area contributed by atoms with Gasteiger partial charge in [-0.15, -0.1) is 0 Å². The number of aromatic nitrogens is 1. The molecule has 2 aromatic rings. The second-order valence-corrected chi connectivity index (χ2v) is 2.90. The van der Waals surface area contributed by atoms with Crippen LogP contribution >= 0.6 is 0 Å². The van der Waals surface area contributed by atoms with Gasteiger partial charge >= 0.3 is 0 Å². The summed E-state index contributed by atoms with van der Waals surface area (Å²) in [6.45, 7) is 0. The highest BCUT2D eigenvalue weighted by atomic mass is 19.1. The lowest BCUT2D eigenvalue weighted by Gasteiger charge is -2.03. The fraction of sp³-hybridized carbons (Fsp3) is 0. The molecule has 3 nitrogen and oxygen atoms in total. The van der Waals surface area contributed by atoms with Crippen molar-refractivity contribution in [3.63, 3.8) is 0 Å². The summed E-state index contributed by atoms with van der Waals surface area (Å²) >= 11 is 0. The molecule has 0 aliphatic rings. The molecule has 78 valence electrons. The van der Waals surface area contributed by atoms with E-state index in [9.17, 15) is 18.0 Å². The normalized spacial score (nSPS) is 10.9. The van der Waals surface area contributed by atoms with E-state index in [4.69, 9.17) is 5.11 Å². The van der Waals surface area contributed by atoms with Crippen molar-refractivity contribution in [2.45, 2.75) is 0 Å². The van der Waals surface area contributed by atoms with Gasteiger partial charge < -0.3 is 10.1 Å². The maximum atomic E-state index is 13.2. The van der Waals surface area contributed by atoms with E-state index in [0.717, 1.165) is 6.07 Å². The lowest BCUT2D eigenvalue weighted by Crippen LogP contribution is -2.09. The first-order chi connectivity index (χ1) is 7.02. The summed E-state index contributed by atoms with van der Waals surface area (Å²) in [4.78, 5) is 12.7. The van der Waals surface area contributed by atoms with Gasteiger partial charge in [0.1, 0.15) is 11.6 Å². The Morgan fingerprint density at radius 1 is 1.13 bits per heavy atom. The van der Waals surface area contributed by atoms with E-state index in [2.05, 4.69) is 0 Å². The second kappa shape index (κ2) is 3.01. The third kappa shape index (κ3) is 1.25. The van der Waals surface area contributed by atoms with Crippen LogP contribution in [0.4, 0.5) is 13.2 Å². The third-order valence-corrected chi connectivity index (χ3v) is 1.98. The van der Waals surface area contributed by atoms with Crippen LogP contribution < -0.4 is 5.56 Å². The number of H-pyrrole nitrogens is 1. The quantitative estimate of drug-likeness (QED) is 0.702. The molecule has 0 fully saturated rings. The van der Waals surface area contributed by atoms with E-state index in [1.54, 1.807) is 0 Å². The zero-order valence-corrected chi connectivity index (χ0v) is 7.14. The van der Waals surface area contributed by atoms with Crippen LogP contribution in [0.25, 0.3) is 10.9 Å². The molecule has 15 heavy (non-hydrogen) atoms. The molecular weight excluding hydrogens is 211 g/mol. The first-order valence-corrected chi connectivity index (χ1v) is 3.91. The molecule has 0 bridgehead atoms. The largest absolute Gasteiger partial charge is 0.501 e. The number of fused-ring (bicyclic) bond motifs is 1. The minimum absolute atomic E-state index is 0.602. The average molecular weight is 215 g/mol. The Bertz CT molecular complexity index is 606. The van der Waals surface area contributed by atoms with Crippen LogP contribution in [0.5, 0.6) is 5.75 Å². The van der Waals surface area contributed by atoms with Crippen molar-refractivity contribution < 1.29 is 18.3 Å². The molecule has 2 rings (SSSR count). The van der Waals surface area contributed by atoms with Gasteiger partial charge in [0.25, 0.3) is 5.56 Å². The lowest BCUT2D eigenvalue weighted by atomic mass is 10.2. The van der Waals surface area contributed by atoms with Gasteiger partial charge in [-0.1, -0.05) is 0 Å². The number of pyridine rings is 1. The molecule has 0 atom stereocenters. The van der Waals surface area contributed by atoms with Gasteiger partial charge in [-0.25, -0.2) is 13.2 Å². The molecule has 0 saturated heterocycles. The van der Waals surface area contributed by atoms with Crippen molar-refractivity contribution in [3.8, 4) is 5.75 Å². The van der Waals surface area contributed by atoms with Crippen LogP contribution in [0.3, 0.4) is 0 Å². The topological polar surface area (TPSA) is 53.1 Å². The van der Waals surface area contributed by atoms with Crippen molar-refractivity contribution >= 4 is 10.9 Å². The van der Waals surface area contributed by atoms with Crippen molar-refractivity contribution in [2.24, 2.45) is 0 Å². The molecule has 0 radical (unpaired) electrons. The van der Waals surface area contributed by atoms with E-state index in [1.165, 1.54) is 0 Å². The minimum atomic E-state index is -1.47. The predicted octanol–water partition coefficient (Wildman–Crippen LogP) is 1.65. The Balaban J connectivity index is 3.11. The molecule has 0 aliphatic heterocycles.